The molecule has 0 amide bonds. The molecule has 0 atom stereocenters. The molecule has 0 radical (unpaired) electrons. The molecule has 0 unspecified atom stereocenters. The van der Waals surface area contributed by atoms with Crippen molar-refractivity contribution in [1.29, 1.82) is 0 Å². The van der Waals surface area contributed by atoms with Crippen LogP contribution in [0.4, 0.5) is 0 Å². The molecular weight excluding hydrogens is 250 g/mol. The van der Waals surface area contributed by atoms with E-state index in [-0.39, 0.29) is 0 Å². The molecule has 0 aromatic heterocycles. The molecule has 0 spiro atoms. The molecule has 0 saturated heterocycles. The zero-order chi connectivity index (χ0) is 14.6. The molecule has 1 aromatic rings. The maximum Gasteiger partial charge on any atom is 0.161 e. The van der Waals surface area contributed by atoms with Crippen LogP contribution in [0, 0.1) is 0 Å². The minimum Gasteiger partial charge on any atom is -0.493 e. The van der Waals surface area contributed by atoms with E-state index in [1.165, 1.54) is 18.4 Å². The predicted octanol–water partition coefficient (Wildman–Crippen LogP) is 3.93. The van der Waals surface area contributed by atoms with Crippen LogP contribution in [0.3, 0.4) is 0 Å². The van der Waals surface area contributed by atoms with Crippen molar-refractivity contribution in [1.82, 2.24) is 5.32 Å². The van der Waals surface area contributed by atoms with Gasteiger partial charge in [0.05, 0.1) is 13.7 Å². The minimum absolute atomic E-state index is 0.736. The van der Waals surface area contributed by atoms with Crippen LogP contribution in [0.5, 0.6) is 11.5 Å². The second-order valence-electron chi connectivity index (χ2n) is 4.75. The van der Waals surface area contributed by atoms with E-state index in [4.69, 9.17) is 9.47 Å². The van der Waals surface area contributed by atoms with Crippen LogP contribution < -0.4 is 14.8 Å². The van der Waals surface area contributed by atoms with Crippen LogP contribution in [0.25, 0.3) is 0 Å². The van der Waals surface area contributed by atoms with E-state index in [0.29, 0.717) is 0 Å². The summed E-state index contributed by atoms with van der Waals surface area (Å²) < 4.78 is 11.2. The number of benzene rings is 1. The lowest BCUT2D eigenvalue weighted by atomic mass is 10.2. The Morgan fingerprint density at radius 3 is 2.75 bits per heavy atom. The van der Waals surface area contributed by atoms with Crippen LogP contribution in [0.2, 0.25) is 0 Å². The molecule has 0 fully saturated rings. The van der Waals surface area contributed by atoms with Crippen molar-refractivity contribution in [2.24, 2.45) is 0 Å². The van der Waals surface area contributed by atoms with Gasteiger partial charge in [-0.25, -0.2) is 0 Å². The van der Waals surface area contributed by atoms with E-state index < -0.39 is 0 Å². The topological polar surface area (TPSA) is 30.5 Å². The standard InChI is InChI=1S/C17H27NO2/c1-4-6-7-8-9-12-20-16-11-10-15(14-18-5-2)13-17(16)19-3/h4,10-11,13,18H,1,5-9,12,14H2,2-3H3. The molecule has 20 heavy (non-hydrogen) atoms. The molecule has 0 saturated carbocycles. The van der Waals surface area contributed by atoms with Crippen molar-refractivity contribution in [3.8, 4) is 11.5 Å². The molecule has 3 heteroatoms. The number of ether oxygens (including phenoxy) is 2. The number of rotatable bonds is 11. The molecule has 0 bridgehead atoms. The monoisotopic (exact) mass is 277 g/mol. The average Bonchev–Trinajstić information content (AvgIpc) is 2.49. The van der Waals surface area contributed by atoms with Gasteiger partial charge in [0, 0.05) is 6.54 Å². The summed E-state index contributed by atoms with van der Waals surface area (Å²) in [6, 6.07) is 6.11. The van der Waals surface area contributed by atoms with Crippen molar-refractivity contribution in [3.05, 3.63) is 36.4 Å². The zero-order valence-corrected chi connectivity index (χ0v) is 12.8. The highest BCUT2D eigenvalue weighted by molar-refractivity contribution is 5.42. The van der Waals surface area contributed by atoms with Gasteiger partial charge in [-0.2, -0.15) is 0 Å². The van der Waals surface area contributed by atoms with Gasteiger partial charge in [0.15, 0.2) is 11.5 Å². The third kappa shape index (κ3) is 6.11. The Balaban J connectivity index is 2.42. The number of unbranched alkanes of at least 4 members (excludes halogenated alkanes) is 3. The zero-order valence-electron chi connectivity index (χ0n) is 12.8. The fourth-order valence-electron chi connectivity index (χ4n) is 1.96. The summed E-state index contributed by atoms with van der Waals surface area (Å²) in [5.41, 5.74) is 1.21. The maximum absolute atomic E-state index is 5.80. The van der Waals surface area contributed by atoms with Crippen molar-refractivity contribution < 1.29 is 9.47 Å². The fraction of sp³-hybridized carbons (Fsp3) is 0.529. The lowest BCUT2D eigenvalue weighted by Crippen LogP contribution is -2.11. The highest BCUT2D eigenvalue weighted by Crippen LogP contribution is 2.28. The quantitative estimate of drug-likeness (QED) is 0.491. The van der Waals surface area contributed by atoms with E-state index >= 15 is 0 Å². The highest BCUT2D eigenvalue weighted by Gasteiger charge is 2.05. The Bertz CT molecular complexity index is 391. The van der Waals surface area contributed by atoms with Crippen molar-refractivity contribution >= 4 is 0 Å². The van der Waals surface area contributed by atoms with Gasteiger partial charge in [-0.15, -0.1) is 6.58 Å². The summed E-state index contributed by atoms with van der Waals surface area (Å²) in [6.07, 6.45) is 6.48. The molecule has 1 rings (SSSR count). The Morgan fingerprint density at radius 2 is 2.05 bits per heavy atom. The second kappa shape index (κ2) is 10.3. The first-order valence-corrected chi connectivity index (χ1v) is 7.43. The van der Waals surface area contributed by atoms with E-state index in [0.717, 1.165) is 44.0 Å². The largest absolute Gasteiger partial charge is 0.493 e. The number of methoxy groups -OCH3 is 1. The molecule has 0 aliphatic carbocycles. The third-order valence-electron chi connectivity index (χ3n) is 3.12. The van der Waals surface area contributed by atoms with Crippen LogP contribution in [-0.2, 0) is 6.54 Å². The molecule has 112 valence electrons. The lowest BCUT2D eigenvalue weighted by Gasteiger charge is -2.12. The summed E-state index contributed by atoms with van der Waals surface area (Å²) in [5.74, 6) is 1.64. The molecule has 1 N–H and O–H groups in total. The van der Waals surface area contributed by atoms with E-state index in [9.17, 15) is 0 Å². The smallest absolute Gasteiger partial charge is 0.161 e. The number of hydrogen-bond donors (Lipinski definition) is 1. The minimum atomic E-state index is 0.736. The van der Waals surface area contributed by atoms with Gasteiger partial charge in [0.2, 0.25) is 0 Å². The summed E-state index contributed by atoms with van der Waals surface area (Å²) >= 11 is 0. The Labute approximate surface area is 123 Å². The van der Waals surface area contributed by atoms with Crippen LogP contribution >= 0.6 is 0 Å². The van der Waals surface area contributed by atoms with Gasteiger partial charge in [0.25, 0.3) is 0 Å². The normalized spacial score (nSPS) is 10.3. The van der Waals surface area contributed by atoms with Crippen LogP contribution in [0.1, 0.15) is 38.2 Å². The average molecular weight is 277 g/mol. The van der Waals surface area contributed by atoms with E-state index in [2.05, 4.69) is 24.9 Å². The van der Waals surface area contributed by atoms with Crippen molar-refractivity contribution in [2.45, 2.75) is 39.2 Å². The summed E-state index contributed by atoms with van der Waals surface area (Å²) in [5, 5.41) is 3.30. The van der Waals surface area contributed by atoms with Crippen molar-refractivity contribution in [2.75, 3.05) is 20.3 Å². The molecular formula is C17H27NO2. The number of allylic oxidation sites excluding steroid dienone is 1. The van der Waals surface area contributed by atoms with Gasteiger partial charge >= 0.3 is 0 Å². The van der Waals surface area contributed by atoms with Crippen molar-refractivity contribution in [3.63, 3.8) is 0 Å². The Hall–Kier alpha value is -1.48. The third-order valence-corrected chi connectivity index (χ3v) is 3.12. The first-order chi connectivity index (χ1) is 9.81. The first-order valence-electron chi connectivity index (χ1n) is 7.43. The van der Waals surface area contributed by atoms with E-state index in [1.807, 2.05) is 18.2 Å². The van der Waals surface area contributed by atoms with E-state index in [1.54, 1.807) is 7.11 Å². The predicted molar refractivity (Wildman–Crippen MR) is 84.5 cm³/mol. The SMILES string of the molecule is C=CCCCCCOc1ccc(CNCC)cc1OC. The van der Waals surface area contributed by atoms with Gasteiger partial charge in [-0.3, -0.25) is 0 Å². The number of nitrogens with one attached hydrogen (secondary N) is 1. The highest BCUT2D eigenvalue weighted by atomic mass is 16.5. The summed E-state index contributed by atoms with van der Waals surface area (Å²) in [7, 11) is 1.68. The molecule has 1 aromatic carbocycles. The first kappa shape index (κ1) is 16.6. The van der Waals surface area contributed by atoms with Crippen LogP contribution in [-0.4, -0.2) is 20.3 Å². The summed E-state index contributed by atoms with van der Waals surface area (Å²) in [4.78, 5) is 0. The molecule has 0 aliphatic heterocycles. The molecule has 3 nitrogen and oxygen atoms in total. The van der Waals surface area contributed by atoms with Gasteiger partial charge < -0.3 is 14.8 Å². The second-order valence-corrected chi connectivity index (χ2v) is 4.75. The maximum atomic E-state index is 5.80. The van der Waals surface area contributed by atoms with Gasteiger partial charge in [-0.05, 0) is 49.9 Å². The van der Waals surface area contributed by atoms with Gasteiger partial charge in [-0.1, -0.05) is 19.1 Å². The lowest BCUT2D eigenvalue weighted by molar-refractivity contribution is 0.285. The molecule has 0 aliphatic rings. The molecule has 0 heterocycles. The van der Waals surface area contributed by atoms with Crippen LogP contribution in [0.15, 0.2) is 30.9 Å². The Kier molecular flexibility index (Phi) is 8.56. The number of hydrogen-bond acceptors (Lipinski definition) is 3. The fourth-order valence-corrected chi connectivity index (χ4v) is 1.96. The van der Waals surface area contributed by atoms with Gasteiger partial charge in [0.1, 0.15) is 0 Å². The Morgan fingerprint density at radius 1 is 1.20 bits per heavy atom. The summed E-state index contributed by atoms with van der Waals surface area (Å²) in [6.45, 7) is 8.38.